The molecule has 0 spiro atoms. The van der Waals surface area contributed by atoms with Gasteiger partial charge in [0.1, 0.15) is 11.6 Å². The molecule has 2 aromatic carbocycles. The molecule has 2 nitrogen and oxygen atoms in total. The van der Waals surface area contributed by atoms with E-state index in [1.807, 2.05) is 12.1 Å². The Morgan fingerprint density at radius 2 is 1.77 bits per heavy atom. The van der Waals surface area contributed by atoms with Gasteiger partial charge >= 0.3 is 5.97 Å². The van der Waals surface area contributed by atoms with Crippen LogP contribution in [0.4, 0.5) is 4.39 Å². The van der Waals surface area contributed by atoms with Crippen molar-refractivity contribution in [3.8, 4) is 5.75 Å². The van der Waals surface area contributed by atoms with Crippen molar-refractivity contribution in [1.29, 1.82) is 0 Å². The normalized spacial score (nSPS) is 12.3. The molecule has 0 saturated carbocycles. The SMILES string of the molecule is CCC(C)c1ccc(OC(=O)C=Cc2ccc(F)cc2)cc1. The second-order valence-electron chi connectivity index (χ2n) is 5.18. The van der Waals surface area contributed by atoms with Gasteiger partial charge in [-0.2, -0.15) is 0 Å². The standard InChI is InChI=1S/C19H19FO2/c1-3-14(2)16-7-11-18(12-8-16)22-19(21)13-6-15-4-9-17(20)10-5-15/h4-14H,3H2,1-2H3. The second kappa shape index (κ2) is 7.55. The molecule has 0 amide bonds. The lowest BCUT2D eigenvalue weighted by Crippen LogP contribution is -2.03. The van der Waals surface area contributed by atoms with E-state index in [9.17, 15) is 9.18 Å². The number of benzene rings is 2. The second-order valence-corrected chi connectivity index (χ2v) is 5.18. The number of carbonyl (C=O) groups excluding carboxylic acids is 1. The minimum Gasteiger partial charge on any atom is -0.423 e. The maximum Gasteiger partial charge on any atom is 0.336 e. The van der Waals surface area contributed by atoms with E-state index in [1.54, 1.807) is 30.3 Å². The largest absolute Gasteiger partial charge is 0.423 e. The zero-order valence-corrected chi connectivity index (χ0v) is 12.8. The highest BCUT2D eigenvalue weighted by molar-refractivity contribution is 5.88. The van der Waals surface area contributed by atoms with Crippen molar-refractivity contribution >= 4 is 12.0 Å². The summed E-state index contributed by atoms with van der Waals surface area (Å²) in [6.45, 7) is 4.30. The van der Waals surface area contributed by atoms with Crippen molar-refractivity contribution < 1.29 is 13.9 Å². The van der Waals surface area contributed by atoms with Crippen LogP contribution in [0, 0.1) is 5.82 Å². The van der Waals surface area contributed by atoms with Gasteiger partial charge in [-0.3, -0.25) is 0 Å². The van der Waals surface area contributed by atoms with Crippen LogP contribution in [0.15, 0.2) is 54.6 Å². The number of esters is 1. The van der Waals surface area contributed by atoms with Gasteiger partial charge in [-0.25, -0.2) is 9.18 Å². The zero-order valence-electron chi connectivity index (χ0n) is 12.8. The van der Waals surface area contributed by atoms with Gasteiger partial charge < -0.3 is 4.74 Å². The molecule has 1 atom stereocenters. The van der Waals surface area contributed by atoms with E-state index in [0.717, 1.165) is 12.0 Å². The minimum absolute atomic E-state index is 0.305. The van der Waals surface area contributed by atoms with Crippen LogP contribution in [0.5, 0.6) is 5.75 Å². The molecule has 0 aliphatic carbocycles. The van der Waals surface area contributed by atoms with Crippen LogP contribution in [-0.4, -0.2) is 5.97 Å². The third-order valence-corrected chi connectivity index (χ3v) is 3.56. The topological polar surface area (TPSA) is 26.3 Å². The molecule has 114 valence electrons. The lowest BCUT2D eigenvalue weighted by Gasteiger charge is -2.09. The molecule has 0 saturated heterocycles. The number of hydrogen-bond acceptors (Lipinski definition) is 2. The first kappa shape index (κ1) is 16.0. The number of hydrogen-bond donors (Lipinski definition) is 0. The van der Waals surface area contributed by atoms with Gasteiger partial charge in [0.15, 0.2) is 0 Å². The first-order chi connectivity index (χ1) is 10.6. The van der Waals surface area contributed by atoms with Gasteiger partial charge in [0.25, 0.3) is 0 Å². The number of ether oxygens (including phenoxy) is 1. The van der Waals surface area contributed by atoms with Gasteiger partial charge in [-0.15, -0.1) is 0 Å². The van der Waals surface area contributed by atoms with Crippen molar-refractivity contribution in [2.45, 2.75) is 26.2 Å². The van der Waals surface area contributed by atoms with Crippen molar-refractivity contribution in [1.82, 2.24) is 0 Å². The molecule has 3 heteroatoms. The maximum atomic E-state index is 12.8. The average Bonchev–Trinajstić information content (AvgIpc) is 2.54. The maximum absolute atomic E-state index is 12.8. The van der Waals surface area contributed by atoms with Crippen LogP contribution >= 0.6 is 0 Å². The molecular formula is C19H19FO2. The van der Waals surface area contributed by atoms with Gasteiger partial charge in [-0.1, -0.05) is 38.1 Å². The molecule has 0 aliphatic heterocycles. The first-order valence-electron chi connectivity index (χ1n) is 7.34. The summed E-state index contributed by atoms with van der Waals surface area (Å²) in [6, 6.07) is 13.4. The van der Waals surface area contributed by atoms with Gasteiger partial charge in [0.05, 0.1) is 0 Å². The smallest absolute Gasteiger partial charge is 0.336 e. The van der Waals surface area contributed by atoms with Crippen molar-refractivity contribution in [2.75, 3.05) is 0 Å². The van der Waals surface area contributed by atoms with Gasteiger partial charge in [0, 0.05) is 6.08 Å². The molecule has 0 radical (unpaired) electrons. The van der Waals surface area contributed by atoms with E-state index in [2.05, 4.69) is 13.8 Å². The molecule has 0 fully saturated rings. The average molecular weight is 298 g/mol. The molecule has 2 rings (SSSR count). The predicted molar refractivity (Wildman–Crippen MR) is 86.2 cm³/mol. The lowest BCUT2D eigenvalue weighted by atomic mass is 9.99. The highest BCUT2D eigenvalue weighted by atomic mass is 19.1. The third-order valence-electron chi connectivity index (χ3n) is 3.56. The van der Waals surface area contributed by atoms with Crippen LogP contribution in [0.25, 0.3) is 6.08 Å². The lowest BCUT2D eigenvalue weighted by molar-refractivity contribution is -0.128. The fourth-order valence-electron chi connectivity index (χ4n) is 1.99. The molecule has 0 bridgehead atoms. The molecule has 2 aromatic rings. The summed E-state index contributed by atoms with van der Waals surface area (Å²) in [5.74, 6) is 0.241. The number of carbonyl (C=O) groups is 1. The van der Waals surface area contributed by atoms with E-state index in [1.165, 1.54) is 23.8 Å². The Morgan fingerprint density at radius 3 is 2.36 bits per heavy atom. The Bertz CT molecular complexity index is 642. The summed E-state index contributed by atoms with van der Waals surface area (Å²) in [6.07, 6.45) is 3.99. The van der Waals surface area contributed by atoms with Crippen molar-refractivity contribution in [3.05, 3.63) is 71.6 Å². The van der Waals surface area contributed by atoms with Crippen LogP contribution in [-0.2, 0) is 4.79 Å². The van der Waals surface area contributed by atoms with E-state index in [-0.39, 0.29) is 5.82 Å². The fourth-order valence-corrected chi connectivity index (χ4v) is 1.99. The van der Waals surface area contributed by atoms with Crippen LogP contribution < -0.4 is 4.74 Å². The Kier molecular flexibility index (Phi) is 5.48. The Labute approximate surface area is 130 Å². The van der Waals surface area contributed by atoms with E-state index < -0.39 is 5.97 Å². The van der Waals surface area contributed by atoms with Gasteiger partial charge in [-0.05, 0) is 53.8 Å². The zero-order chi connectivity index (χ0) is 15.9. The fraction of sp³-hybridized carbons (Fsp3) is 0.211. The van der Waals surface area contributed by atoms with Crippen LogP contribution in [0.2, 0.25) is 0 Å². The first-order valence-corrected chi connectivity index (χ1v) is 7.34. The van der Waals surface area contributed by atoms with Gasteiger partial charge in [0.2, 0.25) is 0 Å². The number of rotatable bonds is 5. The predicted octanol–water partition coefficient (Wildman–Crippen LogP) is 4.96. The molecular weight excluding hydrogens is 279 g/mol. The summed E-state index contributed by atoms with van der Waals surface area (Å²) < 4.78 is 18.0. The number of halogens is 1. The quantitative estimate of drug-likeness (QED) is 0.443. The minimum atomic E-state index is -0.458. The Morgan fingerprint density at radius 1 is 1.14 bits per heavy atom. The molecule has 0 heterocycles. The van der Waals surface area contributed by atoms with E-state index >= 15 is 0 Å². The molecule has 1 unspecified atom stereocenters. The third kappa shape index (κ3) is 4.55. The highest BCUT2D eigenvalue weighted by Gasteiger charge is 2.04. The molecule has 22 heavy (non-hydrogen) atoms. The summed E-state index contributed by atoms with van der Waals surface area (Å²) in [7, 11) is 0. The summed E-state index contributed by atoms with van der Waals surface area (Å²) in [5, 5.41) is 0. The highest BCUT2D eigenvalue weighted by Crippen LogP contribution is 2.21. The van der Waals surface area contributed by atoms with E-state index in [0.29, 0.717) is 11.7 Å². The monoisotopic (exact) mass is 298 g/mol. The van der Waals surface area contributed by atoms with Crippen LogP contribution in [0.1, 0.15) is 37.3 Å². The molecule has 0 N–H and O–H groups in total. The molecule has 0 aromatic heterocycles. The van der Waals surface area contributed by atoms with Crippen molar-refractivity contribution in [3.63, 3.8) is 0 Å². The molecule has 0 aliphatic rings. The Balaban J connectivity index is 1.95. The van der Waals surface area contributed by atoms with E-state index in [4.69, 9.17) is 4.74 Å². The Hall–Kier alpha value is -2.42. The summed E-state index contributed by atoms with van der Waals surface area (Å²) >= 11 is 0. The summed E-state index contributed by atoms with van der Waals surface area (Å²) in [5.41, 5.74) is 1.97. The van der Waals surface area contributed by atoms with Crippen LogP contribution in [0.3, 0.4) is 0 Å². The summed E-state index contributed by atoms with van der Waals surface area (Å²) in [4.78, 5) is 11.7. The van der Waals surface area contributed by atoms with Crippen molar-refractivity contribution in [2.24, 2.45) is 0 Å².